The molecule has 3 rings (SSSR count). The molecule has 4 unspecified atom stereocenters. The van der Waals surface area contributed by atoms with Gasteiger partial charge in [0.05, 0.1) is 13.2 Å². The molecule has 2 bridgehead atoms. The van der Waals surface area contributed by atoms with Crippen molar-refractivity contribution in [3.63, 3.8) is 0 Å². The van der Waals surface area contributed by atoms with Crippen LogP contribution < -0.4 is 0 Å². The fourth-order valence-corrected chi connectivity index (χ4v) is 4.86. The van der Waals surface area contributed by atoms with Gasteiger partial charge >= 0.3 is 5.97 Å². The van der Waals surface area contributed by atoms with E-state index in [-0.39, 0.29) is 18.4 Å². The largest absolute Gasteiger partial charge is 0.468 e. The lowest BCUT2D eigenvalue weighted by Gasteiger charge is -2.25. The maximum atomic E-state index is 11.9. The number of methoxy groups -OCH3 is 1. The van der Waals surface area contributed by atoms with Gasteiger partial charge in [-0.25, -0.2) is 0 Å². The van der Waals surface area contributed by atoms with Gasteiger partial charge in [-0.05, 0) is 0 Å². The molecule has 0 saturated carbocycles. The first kappa shape index (κ1) is 10.5. The Morgan fingerprint density at radius 3 is 2.75 bits per heavy atom. The summed E-state index contributed by atoms with van der Waals surface area (Å²) in [6, 6.07) is 0. The maximum absolute atomic E-state index is 11.9. The highest BCUT2D eigenvalue weighted by atomic mass is 32.2. The van der Waals surface area contributed by atoms with Gasteiger partial charge in [0.1, 0.15) is 12.2 Å². The summed E-state index contributed by atoms with van der Waals surface area (Å²) in [6.45, 7) is 1.87. The summed E-state index contributed by atoms with van der Waals surface area (Å²) in [5.41, 5.74) is 0. The van der Waals surface area contributed by atoms with Gasteiger partial charge in [-0.3, -0.25) is 8.98 Å². The zero-order chi connectivity index (χ0) is 11.7. The van der Waals surface area contributed by atoms with Crippen LogP contribution in [0, 0.1) is 5.92 Å². The molecule has 3 aliphatic rings. The van der Waals surface area contributed by atoms with Gasteiger partial charge in [-0.15, -0.1) is 0 Å². The molecule has 90 valence electrons. The fourth-order valence-electron chi connectivity index (χ4n) is 2.99. The summed E-state index contributed by atoms with van der Waals surface area (Å²) in [7, 11) is -2.76. The summed E-state index contributed by atoms with van der Waals surface area (Å²) in [4.78, 5) is 11.7. The lowest BCUT2D eigenvalue weighted by atomic mass is 9.80. The van der Waals surface area contributed by atoms with E-state index in [0.717, 1.165) is 0 Å². The highest BCUT2D eigenvalue weighted by molar-refractivity contribution is 7.89. The third kappa shape index (κ3) is 0.869. The zero-order valence-electron chi connectivity index (χ0n) is 8.87. The Bertz CT molecular complexity index is 457. The SMILES string of the molecule is COC(=O)C12CC3OC1C(OS2(=O)=O)[C@H]3C. The van der Waals surface area contributed by atoms with E-state index in [4.69, 9.17) is 8.92 Å². The minimum absolute atomic E-state index is 0.0000520. The molecular formula is C9H12O6S. The van der Waals surface area contributed by atoms with E-state index in [1.165, 1.54) is 7.11 Å². The first-order valence-corrected chi connectivity index (χ1v) is 6.51. The van der Waals surface area contributed by atoms with E-state index in [1.807, 2.05) is 6.92 Å². The molecule has 0 aromatic heterocycles. The topological polar surface area (TPSA) is 78.9 Å². The number of rotatable bonds is 1. The Morgan fingerprint density at radius 1 is 1.50 bits per heavy atom. The van der Waals surface area contributed by atoms with Crippen LogP contribution in [0.3, 0.4) is 0 Å². The summed E-state index contributed by atoms with van der Waals surface area (Å²) < 4.78 is 37.4. The first-order chi connectivity index (χ1) is 7.44. The van der Waals surface area contributed by atoms with E-state index in [2.05, 4.69) is 4.74 Å². The predicted molar refractivity (Wildman–Crippen MR) is 51.0 cm³/mol. The van der Waals surface area contributed by atoms with E-state index in [9.17, 15) is 13.2 Å². The van der Waals surface area contributed by atoms with Crippen LogP contribution in [-0.4, -0.2) is 44.6 Å². The Kier molecular flexibility index (Phi) is 1.82. The Hall–Kier alpha value is -0.660. The number of carbonyl (C=O) groups excluding carboxylic acids is 1. The van der Waals surface area contributed by atoms with Crippen LogP contribution in [0.5, 0.6) is 0 Å². The Labute approximate surface area is 93.0 Å². The molecule has 0 aliphatic carbocycles. The molecule has 0 aromatic rings. The summed E-state index contributed by atoms with van der Waals surface area (Å²) >= 11 is 0. The monoisotopic (exact) mass is 248 g/mol. The second kappa shape index (κ2) is 2.77. The van der Waals surface area contributed by atoms with E-state index in [0.29, 0.717) is 0 Å². The molecular weight excluding hydrogens is 236 g/mol. The van der Waals surface area contributed by atoms with Gasteiger partial charge in [-0.2, -0.15) is 8.42 Å². The molecule has 3 fully saturated rings. The molecule has 6 nitrogen and oxygen atoms in total. The molecule has 3 heterocycles. The zero-order valence-corrected chi connectivity index (χ0v) is 9.69. The van der Waals surface area contributed by atoms with Crippen molar-refractivity contribution < 1.29 is 26.9 Å². The minimum Gasteiger partial charge on any atom is -0.468 e. The molecule has 5 atom stereocenters. The van der Waals surface area contributed by atoms with Crippen LogP contribution in [-0.2, 0) is 28.6 Å². The smallest absolute Gasteiger partial charge is 0.332 e. The van der Waals surface area contributed by atoms with Crippen molar-refractivity contribution in [1.29, 1.82) is 0 Å². The molecule has 0 spiro atoms. The quantitative estimate of drug-likeness (QED) is 0.457. The van der Waals surface area contributed by atoms with E-state index >= 15 is 0 Å². The third-order valence-electron chi connectivity index (χ3n) is 3.90. The second-order valence-corrected chi connectivity index (χ2v) is 6.38. The van der Waals surface area contributed by atoms with E-state index in [1.54, 1.807) is 0 Å². The van der Waals surface area contributed by atoms with Crippen LogP contribution in [0.2, 0.25) is 0 Å². The maximum Gasteiger partial charge on any atom is 0.332 e. The van der Waals surface area contributed by atoms with Gasteiger partial charge in [0.15, 0.2) is 0 Å². The van der Waals surface area contributed by atoms with Crippen molar-refractivity contribution in [2.24, 2.45) is 5.92 Å². The van der Waals surface area contributed by atoms with Crippen molar-refractivity contribution in [1.82, 2.24) is 0 Å². The van der Waals surface area contributed by atoms with Gasteiger partial charge in [0, 0.05) is 12.3 Å². The van der Waals surface area contributed by atoms with Gasteiger partial charge in [0.25, 0.3) is 10.1 Å². The molecule has 16 heavy (non-hydrogen) atoms. The van der Waals surface area contributed by atoms with Crippen LogP contribution in [0.15, 0.2) is 0 Å². The van der Waals surface area contributed by atoms with Crippen molar-refractivity contribution >= 4 is 16.1 Å². The Morgan fingerprint density at radius 2 is 2.19 bits per heavy atom. The highest BCUT2D eigenvalue weighted by Gasteiger charge is 2.77. The van der Waals surface area contributed by atoms with Crippen molar-refractivity contribution in [3.05, 3.63) is 0 Å². The minimum atomic E-state index is -3.94. The normalized spacial score (nSPS) is 51.9. The Balaban J connectivity index is 2.16. The van der Waals surface area contributed by atoms with Gasteiger partial charge in [0.2, 0.25) is 4.75 Å². The van der Waals surface area contributed by atoms with Gasteiger partial charge < -0.3 is 9.47 Å². The van der Waals surface area contributed by atoms with Crippen molar-refractivity contribution in [3.8, 4) is 0 Å². The number of fused-ring (bicyclic) bond motifs is 1. The number of ether oxygens (including phenoxy) is 2. The molecule has 0 N–H and O–H groups in total. The van der Waals surface area contributed by atoms with Crippen LogP contribution >= 0.6 is 0 Å². The molecule has 7 heteroatoms. The highest BCUT2D eigenvalue weighted by Crippen LogP contribution is 2.56. The lowest BCUT2D eigenvalue weighted by Crippen LogP contribution is -2.52. The molecule has 3 aliphatic heterocycles. The average Bonchev–Trinajstić information content (AvgIpc) is 2.79. The number of esters is 1. The molecule has 3 saturated heterocycles. The van der Waals surface area contributed by atoms with E-state index < -0.39 is 33.0 Å². The molecule has 0 radical (unpaired) electrons. The average molecular weight is 248 g/mol. The van der Waals surface area contributed by atoms with Crippen LogP contribution in [0.4, 0.5) is 0 Å². The standard InChI is InChI=1S/C9H12O6S/c1-4-5-3-9(8(10)13-2)7(14-5)6(4)15-16(9,11)12/h4-7H,3H2,1-2H3/t4-,5?,6?,7?,9?/m0/s1. The summed E-state index contributed by atoms with van der Waals surface area (Å²) in [6.07, 6.45) is -1.33. The number of hydrogen-bond donors (Lipinski definition) is 0. The summed E-state index contributed by atoms with van der Waals surface area (Å²) in [5, 5.41) is 0. The molecule has 0 amide bonds. The molecule has 0 aromatic carbocycles. The number of hydrogen-bond acceptors (Lipinski definition) is 6. The van der Waals surface area contributed by atoms with Crippen LogP contribution in [0.25, 0.3) is 0 Å². The fraction of sp³-hybridized carbons (Fsp3) is 0.889. The van der Waals surface area contributed by atoms with Crippen LogP contribution in [0.1, 0.15) is 13.3 Å². The van der Waals surface area contributed by atoms with Crippen molar-refractivity contribution in [2.45, 2.75) is 36.4 Å². The second-order valence-electron chi connectivity index (χ2n) is 4.55. The lowest BCUT2D eigenvalue weighted by molar-refractivity contribution is -0.145. The predicted octanol–water partition coefficient (Wildman–Crippen LogP) is -0.566. The number of carbonyl (C=O) groups is 1. The third-order valence-corrected chi connectivity index (χ3v) is 5.84. The first-order valence-electron chi connectivity index (χ1n) is 5.11. The summed E-state index contributed by atoms with van der Waals surface area (Å²) in [5.74, 6) is -0.769. The van der Waals surface area contributed by atoms with Gasteiger partial charge in [-0.1, -0.05) is 6.92 Å². The van der Waals surface area contributed by atoms with Crippen molar-refractivity contribution in [2.75, 3.05) is 7.11 Å².